The minimum Gasteiger partial charge on any atom is -0.348 e. The number of nitrogens with zero attached hydrogens (tertiary/aromatic N) is 1. The molecule has 1 aromatic heterocycles. The van der Waals surface area contributed by atoms with E-state index in [1.165, 1.54) is 31.1 Å². The molecule has 1 saturated carbocycles. The summed E-state index contributed by atoms with van der Waals surface area (Å²) in [4.78, 5) is 29.1. The Kier molecular flexibility index (Phi) is 4.94. The Morgan fingerprint density at radius 2 is 2.00 bits per heavy atom. The quantitative estimate of drug-likeness (QED) is 0.888. The molecule has 5 nitrogen and oxygen atoms in total. The molecular weight excluding hydrogens is 322 g/mol. The van der Waals surface area contributed by atoms with Crippen molar-refractivity contribution in [3.8, 4) is 10.6 Å². The molecule has 2 N–H and O–H groups in total. The predicted octanol–water partition coefficient (Wildman–Crippen LogP) is 3.75. The minimum absolute atomic E-state index is 0.0834. The first kappa shape index (κ1) is 16.6. The number of nitrogens with one attached hydrogen (secondary N) is 2. The highest BCUT2D eigenvalue weighted by Gasteiger charge is 2.21. The van der Waals surface area contributed by atoms with Gasteiger partial charge in [-0.3, -0.25) is 9.59 Å². The Labute approximate surface area is 145 Å². The van der Waals surface area contributed by atoms with Gasteiger partial charge in [0.25, 0.3) is 5.91 Å². The first-order chi connectivity index (χ1) is 11.5. The summed E-state index contributed by atoms with van der Waals surface area (Å²) in [7, 11) is 0. The van der Waals surface area contributed by atoms with E-state index in [4.69, 9.17) is 0 Å². The van der Waals surface area contributed by atoms with Gasteiger partial charge in [-0.15, -0.1) is 11.3 Å². The van der Waals surface area contributed by atoms with Crippen LogP contribution in [0.1, 0.15) is 48.0 Å². The number of amides is 2. The van der Waals surface area contributed by atoms with E-state index >= 15 is 0 Å². The third-order valence-corrected chi connectivity index (χ3v) is 5.15. The molecule has 126 valence electrons. The topological polar surface area (TPSA) is 71.1 Å². The molecule has 0 unspecified atom stereocenters. The summed E-state index contributed by atoms with van der Waals surface area (Å²) in [6.45, 7) is 3.40. The fraction of sp³-hybridized carbons (Fsp3) is 0.389. The highest BCUT2D eigenvalue weighted by atomic mass is 32.1. The van der Waals surface area contributed by atoms with Gasteiger partial charge in [-0.25, -0.2) is 4.98 Å². The highest BCUT2D eigenvalue weighted by Crippen LogP contribution is 2.29. The van der Waals surface area contributed by atoms with Crippen molar-refractivity contribution >= 4 is 28.8 Å². The van der Waals surface area contributed by atoms with Gasteiger partial charge in [0.15, 0.2) is 0 Å². The smallest absolute Gasteiger partial charge is 0.271 e. The van der Waals surface area contributed by atoms with Crippen LogP contribution in [0.15, 0.2) is 24.3 Å². The van der Waals surface area contributed by atoms with Gasteiger partial charge in [0.1, 0.15) is 10.7 Å². The van der Waals surface area contributed by atoms with Crippen molar-refractivity contribution in [2.75, 3.05) is 5.32 Å². The van der Waals surface area contributed by atoms with Gasteiger partial charge in [-0.2, -0.15) is 0 Å². The number of hydrogen-bond donors (Lipinski definition) is 2. The molecule has 0 aliphatic heterocycles. The average molecular weight is 343 g/mol. The van der Waals surface area contributed by atoms with Gasteiger partial charge >= 0.3 is 0 Å². The molecule has 0 bridgehead atoms. The van der Waals surface area contributed by atoms with E-state index in [0.29, 0.717) is 5.69 Å². The maximum atomic E-state index is 12.5. The molecule has 3 rings (SSSR count). The Morgan fingerprint density at radius 3 is 2.71 bits per heavy atom. The summed E-state index contributed by atoms with van der Waals surface area (Å²) in [5.41, 5.74) is 2.13. The number of rotatable bonds is 4. The molecule has 0 radical (unpaired) electrons. The van der Waals surface area contributed by atoms with Crippen molar-refractivity contribution in [2.45, 2.75) is 45.6 Å². The SMILES string of the molecule is CC(=O)Nc1cccc(-c2nc(C(=O)NC3CCCC3)c(C)s2)c1. The molecule has 1 aliphatic rings. The standard InChI is InChI=1S/C18H21N3O2S/c1-11-16(17(23)20-14-7-3-4-8-14)21-18(24-11)13-6-5-9-15(10-13)19-12(2)22/h5-6,9-10,14H,3-4,7-8H2,1-2H3,(H,19,22)(H,20,23). The lowest BCUT2D eigenvalue weighted by atomic mass is 10.2. The Hall–Kier alpha value is -2.21. The molecule has 2 aromatic rings. The molecule has 6 heteroatoms. The van der Waals surface area contributed by atoms with E-state index in [1.807, 2.05) is 31.2 Å². The third kappa shape index (κ3) is 3.82. The molecule has 1 heterocycles. The van der Waals surface area contributed by atoms with Crippen molar-refractivity contribution in [3.63, 3.8) is 0 Å². The number of hydrogen-bond acceptors (Lipinski definition) is 4. The average Bonchev–Trinajstić information content (AvgIpc) is 3.16. The van der Waals surface area contributed by atoms with Gasteiger partial charge < -0.3 is 10.6 Å². The first-order valence-corrected chi connectivity index (χ1v) is 9.01. The van der Waals surface area contributed by atoms with Crippen LogP contribution in [0, 0.1) is 6.92 Å². The second-order valence-electron chi connectivity index (χ2n) is 6.14. The molecule has 24 heavy (non-hydrogen) atoms. The van der Waals surface area contributed by atoms with Crippen molar-refractivity contribution in [1.29, 1.82) is 0 Å². The first-order valence-electron chi connectivity index (χ1n) is 8.19. The Morgan fingerprint density at radius 1 is 1.25 bits per heavy atom. The van der Waals surface area contributed by atoms with E-state index in [-0.39, 0.29) is 17.9 Å². The summed E-state index contributed by atoms with van der Waals surface area (Å²) >= 11 is 1.50. The fourth-order valence-electron chi connectivity index (χ4n) is 2.99. The Bertz CT molecular complexity index is 763. The summed E-state index contributed by atoms with van der Waals surface area (Å²) < 4.78 is 0. The molecule has 0 spiro atoms. The van der Waals surface area contributed by atoms with Gasteiger partial charge in [-0.05, 0) is 31.9 Å². The summed E-state index contributed by atoms with van der Waals surface area (Å²) in [5.74, 6) is -0.195. The normalized spacial score (nSPS) is 14.6. The number of aryl methyl sites for hydroxylation is 1. The number of thiazole rings is 1. The van der Waals surface area contributed by atoms with Crippen LogP contribution >= 0.6 is 11.3 Å². The molecule has 1 aliphatic carbocycles. The van der Waals surface area contributed by atoms with Crippen LogP contribution in [0.3, 0.4) is 0 Å². The predicted molar refractivity (Wildman–Crippen MR) is 96.3 cm³/mol. The number of aromatic nitrogens is 1. The van der Waals surface area contributed by atoms with E-state index in [0.717, 1.165) is 34.0 Å². The molecule has 2 amide bonds. The Balaban J connectivity index is 1.80. The zero-order chi connectivity index (χ0) is 17.1. The molecule has 1 aromatic carbocycles. The van der Waals surface area contributed by atoms with Crippen LogP contribution in [-0.2, 0) is 4.79 Å². The molecular formula is C18H21N3O2S. The van der Waals surface area contributed by atoms with Gasteiger partial charge in [-0.1, -0.05) is 25.0 Å². The van der Waals surface area contributed by atoms with E-state index in [9.17, 15) is 9.59 Å². The molecule has 0 atom stereocenters. The lowest BCUT2D eigenvalue weighted by Gasteiger charge is -2.10. The second kappa shape index (κ2) is 7.13. The largest absolute Gasteiger partial charge is 0.348 e. The number of anilines is 1. The van der Waals surface area contributed by atoms with Crippen molar-refractivity contribution in [3.05, 3.63) is 34.8 Å². The lowest BCUT2D eigenvalue weighted by Crippen LogP contribution is -2.33. The summed E-state index contributed by atoms with van der Waals surface area (Å²) in [5, 5.41) is 6.64. The van der Waals surface area contributed by atoms with Gasteiger partial charge in [0, 0.05) is 29.1 Å². The summed E-state index contributed by atoms with van der Waals surface area (Å²) in [6.07, 6.45) is 4.48. The highest BCUT2D eigenvalue weighted by molar-refractivity contribution is 7.15. The maximum Gasteiger partial charge on any atom is 0.271 e. The van der Waals surface area contributed by atoms with Crippen LogP contribution in [-0.4, -0.2) is 22.8 Å². The van der Waals surface area contributed by atoms with Crippen molar-refractivity contribution in [2.24, 2.45) is 0 Å². The van der Waals surface area contributed by atoms with Crippen molar-refractivity contribution < 1.29 is 9.59 Å². The fourth-order valence-corrected chi connectivity index (χ4v) is 3.89. The van der Waals surface area contributed by atoms with Crippen LogP contribution in [0.5, 0.6) is 0 Å². The van der Waals surface area contributed by atoms with Crippen LogP contribution in [0.25, 0.3) is 10.6 Å². The summed E-state index contributed by atoms with van der Waals surface area (Å²) in [6, 6.07) is 7.79. The molecule has 1 fully saturated rings. The molecule has 0 saturated heterocycles. The van der Waals surface area contributed by atoms with E-state index in [2.05, 4.69) is 15.6 Å². The van der Waals surface area contributed by atoms with Crippen LogP contribution in [0.2, 0.25) is 0 Å². The zero-order valence-electron chi connectivity index (χ0n) is 13.9. The van der Waals surface area contributed by atoms with Crippen LogP contribution in [0.4, 0.5) is 5.69 Å². The van der Waals surface area contributed by atoms with E-state index in [1.54, 1.807) is 0 Å². The lowest BCUT2D eigenvalue weighted by molar-refractivity contribution is -0.114. The maximum absolute atomic E-state index is 12.5. The van der Waals surface area contributed by atoms with Crippen LogP contribution < -0.4 is 10.6 Å². The minimum atomic E-state index is -0.112. The van der Waals surface area contributed by atoms with E-state index < -0.39 is 0 Å². The second-order valence-corrected chi connectivity index (χ2v) is 7.34. The van der Waals surface area contributed by atoms with Gasteiger partial charge in [0.05, 0.1) is 0 Å². The number of benzene rings is 1. The third-order valence-electron chi connectivity index (χ3n) is 4.13. The number of carbonyl (C=O) groups excluding carboxylic acids is 2. The number of carbonyl (C=O) groups is 2. The van der Waals surface area contributed by atoms with Gasteiger partial charge in [0.2, 0.25) is 5.91 Å². The zero-order valence-corrected chi connectivity index (χ0v) is 14.7. The monoisotopic (exact) mass is 343 g/mol. The van der Waals surface area contributed by atoms with Crippen molar-refractivity contribution in [1.82, 2.24) is 10.3 Å².